The predicted octanol–water partition coefficient (Wildman–Crippen LogP) is 3.96. The highest BCUT2D eigenvalue weighted by molar-refractivity contribution is 6.32. The third-order valence-corrected chi connectivity index (χ3v) is 5.14. The van der Waals surface area contributed by atoms with E-state index in [1.54, 1.807) is 6.07 Å². The molecule has 22 heavy (non-hydrogen) atoms. The first kappa shape index (κ1) is 15.5. The fourth-order valence-corrected chi connectivity index (χ4v) is 4.00. The second-order valence-electron chi connectivity index (χ2n) is 6.04. The van der Waals surface area contributed by atoms with E-state index in [1.807, 2.05) is 6.92 Å². The minimum absolute atomic E-state index is 0.452. The molecule has 0 unspecified atom stereocenters. The van der Waals surface area contributed by atoms with Crippen molar-refractivity contribution < 1.29 is 19.4 Å². The van der Waals surface area contributed by atoms with Crippen LogP contribution in [0.25, 0.3) is 0 Å². The van der Waals surface area contributed by atoms with E-state index in [0.29, 0.717) is 49.0 Å². The molecule has 1 saturated carbocycles. The fraction of sp³-hybridized carbons (Fsp3) is 0.588. The Morgan fingerprint density at radius 1 is 1.23 bits per heavy atom. The van der Waals surface area contributed by atoms with Crippen LogP contribution < -0.4 is 9.47 Å². The van der Waals surface area contributed by atoms with Crippen molar-refractivity contribution in [3.05, 3.63) is 22.2 Å². The van der Waals surface area contributed by atoms with Gasteiger partial charge >= 0.3 is 5.97 Å². The lowest BCUT2D eigenvalue weighted by atomic mass is 9.67. The van der Waals surface area contributed by atoms with Gasteiger partial charge in [0.2, 0.25) is 0 Å². The van der Waals surface area contributed by atoms with Crippen LogP contribution in [0.4, 0.5) is 0 Å². The lowest BCUT2D eigenvalue weighted by Gasteiger charge is -2.36. The van der Waals surface area contributed by atoms with Crippen LogP contribution >= 0.6 is 11.6 Å². The Morgan fingerprint density at radius 3 is 2.45 bits per heavy atom. The predicted molar refractivity (Wildman–Crippen MR) is 84.2 cm³/mol. The summed E-state index contributed by atoms with van der Waals surface area (Å²) in [5.74, 6) is 0.446. The van der Waals surface area contributed by atoms with Gasteiger partial charge in [-0.25, -0.2) is 0 Å². The Hall–Kier alpha value is -1.42. The van der Waals surface area contributed by atoms with Crippen LogP contribution in [0.5, 0.6) is 11.5 Å². The van der Waals surface area contributed by atoms with Gasteiger partial charge in [-0.3, -0.25) is 4.79 Å². The standard InChI is InChI=1S/C17H21ClO4/c1-2-11-12(17(16(19)20)6-4-3-5-7-17)10-13(18)15-14(11)21-8-9-22-15/h10H,2-9H2,1H3,(H,19,20). The zero-order valence-corrected chi connectivity index (χ0v) is 13.5. The highest BCUT2D eigenvalue weighted by atomic mass is 35.5. The molecule has 1 heterocycles. The molecule has 0 amide bonds. The molecule has 0 bridgehead atoms. The molecule has 5 heteroatoms. The van der Waals surface area contributed by atoms with E-state index in [1.165, 1.54) is 0 Å². The van der Waals surface area contributed by atoms with Crippen LogP contribution in [-0.4, -0.2) is 24.3 Å². The number of aliphatic carboxylic acids is 1. The number of carboxylic acids is 1. The smallest absolute Gasteiger partial charge is 0.314 e. The van der Waals surface area contributed by atoms with Crippen LogP contribution in [0.3, 0.4) is 0 Å². The van der Waals surface area contributed by atoms with Crippen molar-refractivity contribution in [2.45, 2.75) is 50.9 Å². The number of benzene rings is 1. The highest BCUT2D eigenvalue weighted by Gasteiger charge is 2.44. The molecule has 4 nitrogen and oxygen atoms in total. The van der Waals surface area contributed by atoms with Gasteiger partial charge in [0.25, 0.3) is 0 Å². The molecular weight excluding hydrogens is 304 g/mol. The lowest BCUT2D eigenvalue weighted by Crippen LogP contribution is -2.39. The molecule has 0 spiro atoms. The Balaban J connectivity index is 2.20. The highest BCUT2D eigenvalue weighted by Crippen LogP contribution is 2.49. The van der Waals surface area contributed by atoms with Crippen LogP contribution in [0, 0.1) is 0 Å². The van der Waals surface area contributed by atoms with E-state index in [9.17, 15) is 9.90 Å². The first-order valence-corrected chi connectivity index (χ1v) is 8.33. The molecule has 0 aromatic heterocycles. The van der Waals surface area contributed by atoms with Crippen molar-refractivity contribution in [3.63, 3.8) is 0 Å². The van der Waals surface area contributed by atoms with Gasteiger partial charge in [-0.15, -0.1) is 0 Å². The van der Waals surface area contributed by atoms with E-state index in [-0.39, 0.29) is 0 Å². The minimum Gasteiger partial charge on any atom is -0.486 e. The lowest BCUT2D eigenvalue weighted by molar-refractivity contribution is -0.145. The number of carboxylic acid groups (broad SMARTS) is 1. The normalized spacial score (nSPS) is 19.7. The average Bonchev–Trinajstić information content (AvgIpc) is 2.55. The summed E-state index contributed by atoms with van der Waals surface area (Å²) in [5, 5.41) is 10.4. The summed E-state index contributed by atoms with van der Waals surface area (Å²) in [6.45, 7) is 2.96. The van der Waals surface area contributed by atoms with Crippen molar-refractivity contribution in [2.75, 3.05) is 13.2 Å². The second kappa shape index (κ2) is 5.99. The maximum Gasteiger partial charge on any atom is 0.314 e. The summed E-state index contributed by atoms with van der Waals surface area (Å²) < 4.78 is 11.4. The average molecular weight is 325 g/mol. The summed E-state index contributed by atoms with van der Waals surface area (Å²) in [6.07, 6.45) is 4.97. The Morgan fingerprint density at radius 2 is 1.86 bits per heavy atom. The molecule has 1 fully saturated rings. The molecule has 1 N–H and O–H groups in total. The number of hydrogen-bond acceptors (Lipinski definition) is 3. The number of carbonyl (C=O) groups is 1. The largest absolute Gasteiger partial charge is 0.486 e. The van der Waals surface area contributed by atoms with Crippen molar-refractivity contribution in [1.29, 1.82) is 0 Å². The van der Waals surface area contributed by atoms with Gasteiger partial charge in [0.05, 0.1) is 10.4 Å². The summed E-state index contributed by atoms with van der Waals surface area (Å²) >= 11 is 6.36. The third-order valence-electron chi connectivity index (χ3n) is 4.86. The van der Waals surface area contributed by atoms with Crippen LogP contribution in [-0.2, 0) is 16.6 Å². The monoisotopic (exact) mass is 324 g/mol. The molecule has 120 valence electrons. The maximum atomic E-state index is 12.1. The summed E-state index contributed by atoms with van der Waals surface area (Å²) in [4.78, 5) is 12.1. The van der Waals surface area contributed by atoms with Gasteiger partial charge < -0.3 is 14.6 Å². The molecule has 1 aromatic carbocycles. The van der Waals surface area contributed by atoms with E-state index in [2.05, 4.69) is 0 Å². The number of fused-ring (bicyclic) bond motifs is 1. The van der Waals surface area contributed by atoms with Gasteiger partial charge in [0.1, 0.15) is 13.2 Å². The number of rotatable bonds is 3. The number of halogens is 1. The van der Waals surface area contributed by atoms with Gasteiger partial charge in [-0.05, 0) is 30.9 Å². The molecule has 3 rings (SSSR count). The van der Waals surface area contributed by atoms with Crippen LogP contribution in [0.15, 0.2) is 6.07 Å². The molecule has 2 aliphatic rings. The molecule has 1 aliphatic heterocycles. The number of hydrogen-bond donors (Lipinski definition) is 1. The Bertz CT molecular complexity index is 591. The van der Waals surface area contributed by atoms with Crippen LogP contribution in [0.2, 0.25) is 5.02 Å². The van der Waals surface area contributed by atoms with E-state index in [4.69, 9.17) is 21.1 Å². The molecule has 0 atom stereocenters. The van der Waals surface area contributed by atoms with Crippen molar-refractivity contribution in [1.82, 2.24) is 0 Å². The van der Waals surface area contributed by atoms with E-state index < -0.39 is 11.4 Å². The summed E-state index contributed by atoms with van der Waals surface area (Å²) in [5.41, 5.74) is 0.906. The Kier molecular flexibility index (Phi) is 4.22. The summed E-state index contributed by atoms with van der Waals surface area (Å²) in [6, 6.07) is 1.80. The van der Waals surface area contributed by atoms with Gasteiger partial charge in [0.15, 0.2) is 11.5 Å². The zero-order chi connectivity index (χ0) is 15.7. The van der Waals surface area contributed by atoms with Gasteiger partial charge in [-0.2, -0.15) is 0 Å². The van der Waals surface area contributed by atoms with Gasteiger partial charge in [0, 0.05) is 5.56 Å². The zero-order valence-electron chi connectivity index (χ0n) is 12.8. The molecule has 0 saturated heterocycles. The van der Waals surface area contributed by atoms with Crippen molar-refractivity contribution in [2.24, 2.45) is 0 Å². The molecule has 1 aliphatic carbocycles. The molecular formula is C17H21ClO4. The van der Waals surface area contributed by atoms with Crippen LogP contribution in [0.1, 0.15) is 50.2 Å². The first-order valence-electron chi connectivity index (χ1n) is 7.95. The molecule has 0 radical (unpaired) electrons. The maximum absolute atomic E-state index is 12.1. The third kappa shape index (κ3) is 2.34. The van der Waals surface area contributed by atoms with Crippen molar-refractivity contribution in [3.8, 4) is 11.5 Å². The van der Waals surface area contributed by atoms with Crippen molar-refractivity contribution >= 4 is 17.6 Å². The van der Waals surface area contributed by atoms with E-state index >= 15 is 0 Å². The summed E-state index contributed by atoms with van der Waals surface area (Å²) in [7, 11) is 0. The van der Waals surface area contributed by atoms with Gasteiger partial charge in [-0.1, -0.05) is 37.8 Å². The minimum atomic E-state index is -0.844. The SMILES string of the molecule is CCc1c(C2(C(=O)O)CCCCC2)cc(Cl)c2c1OCCO2. The Labute approximate surface area is 135 Å². The molecule has 1 aromatic rings. The first-order chi connectivity index (χ1) is 10.6. The topological polar surface area (TPSA) is 55.8 Å². The quantitative estimate of drug-likeness (QED) is 0.914. The van der Waals surface area contributed by atoms with E-state index in [0.717, 1.165) is 30.4 Å². The second-order valence-corrected chi connectivity index (χ2v) is 6.45. The number of ether oxygens (including phenoxy) is 2. The fourth-order valence-electron chi connectivity index (χ4n) is 3.75.